The smallest absolute Gasteiger partial charge is 0.157 e. The summed E-state index contributed by atoms with van der Waals surface area (Å²) >= 11 is 1.93. The van der Waals surface area contributed by atoms with E-state index in [1.165, 1.54) is 71.6 Å². The van der Waals surface area contributed by atoms with E-state index in [1.807, 2.05) is 11.3 Å². The van der Waals surface area contributed by atoms with E-state index in [1.54, 1.807) is 0 Å². The van der Waals surface area contributed by atoms with Gasteiger partial charge in [0.15, 0.2) is 8.68 Å². The van der Waals surface area contributed by atoms with Crippen LogP contribution in [0.25, 0.3) is 0 Å². The van der Waals surface area contributed by atoms with Crippen molar-refractivity contribution in [2.45, 2.75) is 73.9 Å². The second kappa shape index (κ2) is 10.3. The molecular formula is C18H38N2S3. The van der Waals surface area contributed by atoms with Crippen molar-refractivity contribution in [3.63, 3.8) is 0 Å². The predicted octanol–water partition coefficient (Wildman–Crippen LogP) is 6.54. The van der Waals surface area contributed by atoms with Crippen molar-refractivity contribution in [1.82, 2.24) is 10.2 Å². The number of unbranched alkanes of at least 4 members (excludes halogenated alkanes) is 6. The van der Waals surface area contributed by atoms with Gasteiger partial charge in [0.1, 0.15) is 0 Å². The molecule has 0 atom stereocenters. The van der Waals surface area contributed by atoms with Crippen LogP contribution in [0.3, 0.4) is 0 Å². The van der Waals surface area contributed by atoms with Crippen LogP contribution < -0.4 is 0 Å². The fourth-order valence-electron chi connectivity index (χ4n) is 2.60. The SMILES string of the molecule is CCCCCCS(C)(C)c1nnc(S(C)(C)CCCCCC)s1. The minimum absolute atomic E-state index is 0.751. The highest BCUT2D eigenvalue weighted by Gasteiger charge is 2.24. The first-order chi connectivity index (χ1) is 10.8. The van der Waals surface area contributed by atoms with Crippen LogP contribution in [0.5, 0.6) is 0 Å². The fraction of sp³-hybridized carbons (Fsp3) is 0.889. The third-order valence-corrected chi connectivity index (χ3v) is 12.7. The standard InChI is InChI=1S/C18H38N2S3/c1-7-9-11-13-15-22(3,4)17-19-20-18(21-17)23(5,6)16-14-12-10-8-2/h7-16H2,1-6H3. The lowest BCUT2D eigenvalue weighted by atomic mass is 10.2. The van der Waals surface area contributed by atoms with Crippen LogP contribution in [0.4, 0.5) is 0 Å². The molecule has 0 aromatic carbocycles. The average molecular weight is 379 g/mol. The second-order valence-corrected chi connectivity index (χ2v) is 16.7. The molecule has 0 aliphatic heterocycles. The quantitative estimate of drug-likeness (QED) is 0.386. The summed E-state index contributed by atoms with van der Waals surface area (Å²) in [5.74, 6) is 2.63. The van der Waals surface area contributed by atoms with Crippen LogP contribution >= 0.6 is 31.4 Å². The summed E-state index contributed by atoms with van der Waals surface area (Å²) in [5, 5.41) is 9.25. The number of aromatic nitrogens is 2. The molecule has 0 spiro atoms. The maximum absolute atomic E-state index is 4.62. The predicted molar refractivity (Wildman–Crippen MR) is 113 cm³/mol. The summed E-state index contributed by atoms with van der Waals surface area (Å²) < 4.78 is 2.66. The van der Waals surface area contributed by atoms with Crippen molar-refractivity contribution >= 4 is 31.4 Å². The molecule has 0 amide bonds. The van der Waals surface area contributed by atoms with E-state index in [9.17, 15) is 0 Å². The van der Waals surface area contributed by atoms with Crippen molar-refractivity contribution in [3.05, 3.63) is 0 Å². The van der Waals surface area contributed by atoms with Gasteiger partial charge in [0.2, 0.25) is 0 Å². The normalized spacial score (nSPS) is 14.2. The molecule has 0 saturated heterocycles. The maximum atomic E-state index is 4.62. The van der Waals surface area contributed by atoms with Crippen LogP contribution in [0, 0.1) is 0 Å². The first-order valence-electron chi connectivity index (χ1n) is 9.09. The second-order valence-electron chi connectivity index (χ2n) is 7.44. The van der Waals surface area contributed by atoms with Gasteiger partial charge in [0.25, 0.3) is 0 Å². The summed E-state index contributed by atoms with van der Waals surface area (Å²) in [6.07, 6.45) is 20.5. The molecule has 138 valence electrons. The van der Waals surface area contributed by atoms with Crippen molar-refractivity contribution in [1.29, 1.82) is 0 Å². The first-order valence-corrected chi connectivity index (χ1v) is 15.1. The molecule has 1 aromatic rings. The molecule has 0 saturated carbocycles. The Morgan fingerprint density at radius 1 is 0.652 bits per heavy atom. The van der Waals surface area contributed by atoms with E-state index < -0.39 is 20.1 Å². The molecule has 0 fully saturated rings. The largest absolute Gasteiger partial charge is 0.192 e. The lowest BCUT2D eigenvalue weighted by Gasteiger charge is -2.29. The van der Waals surface area contributed by atoms with Crippen LogP contribution in [-0.2, 0) is 0 Å². The van der Waals surface area contributed by atoms with Crippen LogP contribution in [0.2, 0.25) is 0 Å². The minimum Gasteiger partial charge on any atom is -0.192 e. The minimum atomic E-state index is -0.751. The lowest BCUT2D eigenvalue weighted by molar-refractivity contribution is 0.704. The Kier molecular flexibility index (Phi) is 9.54. The van der Waals surface area contributed by atoms with Gasteiger partial charge in [-0.25, -0.2) is 0 Å². The Hall–Kier alpha value is 0.260. The number of hydrogen-bond acceptors (Lipinski definition) is 3. The van der Waals surface area contributed by atoms with Crippen molar-refractivity contribution in [2.24, 2.45) is 0 Å². The van der Waals surface area contributed by atoms with Gasteiger partial charge in [0.05, 0.1) is 0 Å². The molecule has 0 N–H and O–H groups in total. The maximum Gasteiger partial charge on any atom is 0.157 e. The Morgan fingerprint density at radius 2 is 1.04 bits per heavy atom. The molecular weight excluding hydrogens is 340 g/mol. The Labute approximate surface area is 151 Å². The number of hydrogen-bond donors (Lipinski definition) is 0. The van der Waals surface area contributed by atoms with E-state index in [0.717, 1.165) is 0 Å². The number of rotatable bonds is 12. The first kappa shape index (κ1) is 21.3. The highest BCUT2D eigenvalue weighted by Crippen LogP contribution is 2.57. The van der Waals surface area contributed by atoms with E-state index in [2.05, 4.69) is 49.1 Å². The average Bonchev–Trinajstić information content (AvgIpc) is 3.00. The zero-order valence-corrected chi connectivity index (χ0v) is 18.6. The van der Waals surface area contributed by atoms with Gasteiger partial charge in [-0.2, -0.15) is 20.1 Å². The van der Waals surface area contributed by atoms with Gasteiger partial charge in [-0.05, 0) is 49.4 Å². The molecule has 2 nitrogen and oxygen atoms in total. The Morgan fingerprint density at radius 3 is 1.39 bits per heavy atom. The highest BCUT2D eigenvalue weighted by atomic mass is 32.3. The van der Waals surface area contributed by atoms with E-state index in [-0.39, 0.29) is 0 Å². The summed E-state index contributed by atoms with van der Waals surface area (Å²) in [7, 11) is -1.50. The lowest BCUT2D eigenvalue weighted by Crippen LogP contribution is -2.02. The van der Waals surface area contributed by atoms with E-state index >= 15 is 0 Å². The summed E-state index contributed by atoms with van der Waals surface area (Å²) in [4.78, 5) is 0. The fourth-order valence-corrected chi connectivity index (χ4v) is 8.57. The summed E-state index contributed by atoms with van der Waals surface area (Å²) in [5.41, 5.74) is 0. The van der Waals surface area contributed by atoms with Crippen molar-refractivity contribution in [2.75, 3.05) is 36.5 Å². The van der Waals surface area contributed by atoms with Crippen LogP contribution in [0.15, 0.2) is 8.68 Å². The molecule has 0 aliphatic rings. The van der Waals surface area contributed by atoms with Gasteiger partial charge in [-0.3, -0.25) is 0 Å². The van der Waals surface area contributed by atoms with E-state index in [0.29, 0.717) is 0 Å². The molecule has 5 heteroatoms. The molecule has 0 aliphatic carbocycles. The zero-order chi connectivity index (χ0) is 17.3. The Bertz CT molecular complexity index is 403. The van der Waals surface area contributed by atoms with Crippen LogP contribution in [-0.4, -0.2) is 46.7 Å². The molecule has 0 radical (unpaired) electrons. The molecule has 0 unspecified atom stereocenters. The Balaban J connectivity index is 2.60. The highest BCUT2D eigenvalue weighted by molar-refractivity contribution is 8.35. The van der Waals surface area contributed by atoms with Crippen LogP contribution in [0.1, 0.15) is 65.2 Å². The van der Waals surface area contributed by atoms with Gasteiger partial charge in [-0.15, -0.1) is 10.2 Å². The number of nitrogens with zero attached hydrogens (tertiary/aromatic N) is 2. The zero-order valence-electron chi connectivity index (χ0n) is 16.2. The third kappa shape index (κ3) is 7.35. The monoisotopic (exact) mass is 378 g/mol. The van der Waals surface area contributed by atoms with Crippen molar-refractivity contribution < 1.29 is 0 Å². The van der Waals surface area contributed by atoms with Gasteiger partial charge in [-0.1, -0.05) is 63.7 Å². The molecule has 0 bridgehead atoms. The van der Waals surface area contributed by atoms with Gasteiger partial charge >= 0.3 is 0 Å². The summed E-state index contributed by atoms with van der Waals surface area (Å²) in [6.45, 7) is 4.56. The molecule has 1 rings (SSSR count). The molecule has 1 heterocycles. The third-order valence-electron chi connectivity index (χ3n) is 4.35. The molecule has 23 heavy (non-hydrogen) atoms. The van der Waals surface area contributed by atoms with Crippen molar-refractivity contribution in [3.8, 4) is 0 Å². The van der Waals surface area contributed by atoms with Gasteiger partial charge < -0.3 is 0 Å². The molecule has 1 aromatic heterocycles. The summed E-state index contributed by atoms with van der Waals surface area (Å²) in [6, 6.07) is 0. The topological polar surface area (TPSA) is 25.8 Å². The van der Waals surface area contributed by atoms with Gasteiger partial charge in [0, 0.05) is 0 Å². The van der Waals surface area contributed by atoms with E-state index in [4.69, 9.17) is 0 Å².